The van der Waals surface area contributed by atoms with E-state index in [9.17, 15) is 14.9 Å². The first-order valence-corrected chi connectivity index (χ1v) is 5.58. The second-order valence-corrected chi connectivity index (χ2v) is 3.86. The van der Waals surface area contributed by atoms with Gasteiger partial charge in [-0.3, -0.25) is 15.1 Å². The number of nitro groups is 1. The number of anilines is 1. The second kappa shape index (κ2) is 5.74. The molecule has 0 radical (unpaired) electrons. The highest BCUT2D eigenvalue weighted by molar-refractivity contribution is 5.93. The molecule has 0 amide bonds. The number of hydrogen-bond donors (Lipinski definition) is 2. The standard InChI is InChI=1S/C12H10N4O4/c17-12(18)10-5-9(16(19)20)7-15-11(10)14-6-8-1-3-13-4-2-8/h1-5,7H,6H2,(H,14,15)(H,17,18). The first-order chi connectivity index (χ1) is 9.58. The molecular weight excluding hydrogens is 264 g/mol. The van der Waals surface area contributed by atoms with E-state index in [1.54, 1.807) is 24.5 Å². The zero-order valence-corrected chi connectivity index (χ0v) is 10.2. The van der Waals surface area contributed by atoms with E-state index in [1.165, 1.54) is 0 Å². The molecule has 2 aromatic heterocycles. The molecule has 0 aliphatic rings. The fourth-order valence-corrected chi connectivity index (χ4v) is 1.54. The van der Waals surface area contributed by atoms with Gasteiger partial charge >= 0.3 is 5.97 Å². The summed E-state index contributed by atoms with van der Waals surface area (Å²) in [4.78, 5) is 28.7. The molecule has 0 fully saturated rings. The lowest BCUT2D eigenvalue weighted by molar-refractivity contribution is -0.385. The fraction of sp³-hybridized carbons (Fsp3) is 0.0833. The van der Waals surface area contributed by atoms with Crippen LogP contribution in [0.5, 0.6) is 0 Å². The Morgan fingerprint density at radius 2 is 2.10 bits per heavy atom. The molecule has 20 heavy (non-hydrogen) atoms. The summed E-state index contributed by atoms with van der Waals surface area (Å²) < 4.78 is 0. The molecule has 2 rings (SSSR count). The van der Waals surface area contributed by atoms with Gasteiger partial charge in [-0.05, 0) is 17.7 Å². The highest BCUT2D eigenvalue weighted by Gasteiger charge is 2.17. The van der Waals surface area contributed by atoms with Gasteiger partial charge < -0.3 is 10.4 Å². The minimum Gasteiger partial charge on any atom is -0.478 e. The number of nitrogens with zero attached hydrogens (tertiary/aromatic N) is 3. The summed E-state index contributed by atoms with van der Waals surface area (Å²) in [5.41, 5.74) is 0.279. The van der Waals surface area contributed by atoms with Crippen molar-refractivity contribution < 1.29 is 14.8 Å². The SMILES string of the molecule is O=C(O)c1cc([N+](=O)[O-])cnc1NCc1ccncc1. The normalized spacial score (nSPS) is 10.0. The number of hydrogen-bond acceptors (Lipinski definition) is 6. The molecule has 0 saturated heterocycles. The van der Waals surface area contributed by atoms with Crippen molar-refractivity contribution in [2.45, 2.75) is 6.54 Å². The molecule has 0 bridgehead atoms. The van der Waals surface area contributed by atoms with E-state index in [4.69, 9.17) is 5.11 Å². The highest BCUT2D eigenvalue weighted by Crippen LogP contribution is 2.19. The lowest BCUT2D eigenvalue weighted by atomic mass is 10.2. The third kappa shape index (κ3) is 3.05. The molecule has 8 heteroatoms. The van der Waals surface area contributed by atoms with Crippen LogP contribution in [0.2, 0.25) is 0 Å². The van der Waals surface area contributed by atoms with Crippen LogP contribution in [0.25, 0.3) is 0 Å². The Kier molecular flexibility index (Phi) is 3.85. The molecule has 0 aliphatic carbocycles. The Morgan fingerprint density at radius 1 is 1.40 bits per heavy atom. The first-order valence-electron chi connectivity index (χ1n) is 5.58. The van der Waals surface area contributed by atoms with Gasteiger partial charge in [0.2, 0.25) is 0 Å². The molecule has 0 aromatic carbocycles. The van der Waals surface area contributed by atoms with Gasteiger partial charge in [0, 0.05) is 25.0 Å². The Bertz CT molecular complexity index is 645. The number of aromatic carboxylic acids is 1. The Labute approximate surface area is 113 Å². The van der Waals surface area contributed by atoms with E-state index in [1.807, 2.05) is 0 Å². The minimum atomic E-state index is -1.28. The van der Waals surface area contributed by atoms with Crippen LogP contribution < -0.4 is 5.32 Å². The van der Waals surface area contributed by atoms with E-state index >= 15 is 0 Å². The lowest BCUT2D eigenvalue weighted by Gasteiger charge is -2.08. The minimum absolute atomic E-state index is 0.0833. The maximum Gasteiger partial charge on any atom is 0.339 e. The Hall–Kier alpha value is -3.03. The number of carboxylic acid groups (broad SMARTS) is 1. The smallest absolute Gasteiger partial charge is 0.339 e. The molecule has 0 spiro atoms. The van der Waals surface area contributed by atoms with E-state index < -0.39 is 10.9 Å². The maximum absolute atomic E-state index is 11.1. The van der Waals surface area contributed by atoms with E-state index in [-0.39, 0.29) is 17.1 Å². The van der Waals surface area contributed by atoms with Gasteiger partial charge in [-0.15, -0.1) is 0 Å². The molecule has 0 aliphatic heterocycles. The quantitative estimate of drug-likeness (QED) is 0.629. The largest absolute Gasteiger partial charge is 0.478 e. The average Bonchev–Trinajstić information content (AvgIpc) is 2.45. The number of nitrogens with one attached hydrogen (secondary N) is 1. The molecule has 2 N–H and O–H groups in total. The van der Waals surface area contributed by atoms with Crippen molar-refractivity contribution in [2.75, 3.05) is 5.32 Å². The number of carbonyl (C=O) groups is 1. The van der Waals surface area contributed by atoms with E-state index in [0.29, 0.717) is 6.54 Å². The third-order valence-corrected chi connectivity index (χ3v) is 2.52. The van der Waals surface area contributed by atoms with Crippen LogP contribution in [0.15, 0.2) is 36.8 Å². The van der Waals surface area contributed by atoms with Crippen molar-refractivity contribution >= 4 is 17.5 Å². The number of aromatic nitrogens is 2. The molecule has 0 saturated carbocycles. The van der Waals surface area contributed by atoms with Gasteiger partial charge in [-0.1, -0.05) is 0 Å². The number of rotatable bonds is 5. The third-order valence-electron chi connectivity index (χ3n) is 2.52. The van der Waals surface area contributed by atoms with Crippen LogP contribution >= 0.6 is 0 Å². The van der Waals surface area contributed by atoms with Crippen LogP contribution in [-0.4, -0.2) is 26.0 Å². The number of carboxylic acids is 1. The summed E-state index contributed by atoms with van der Waals surface area (Å²) in [6.45, 7) is 0.341. The predicted octanol–water partition coefficient (Wildman–Crippen LogP) is 1.70. The molecular formula is C12H10N4O4. The Balaban J connectivity index is 2.23. The first kappa shape index (κ1) is 13.4. The van der Waals surface area contributed by atoms with E-state index in [0.717, 1.165) is 17.8 Å². The molecule has 0 unspecified atom stereocenters. The van der Waals surface area contributed by atoms with Crippen molar-refractivity contribution in [1.82, 2.24) is 9.97 Å². The van der Waals surface area contributed by atoms with Crippen molar-refractivity contribution in [3.63, 3.8) is 0 Å². The Morgan fingerprint density at radius 3 is 2.70 bits per heavy atom. The van der Waals surface area contributed by atoms with Crippen molar-refractivity contribution in [3.05, 3.63) is 58.0 Å². The molecule has 8 nitrogen and oxygen atoms in total. The van der Waals surface area contributed by atoms with Crippen molar-refractivity contribution in [2.24, 2.45) is 0 Å². The zero-order valence-electron chi connectivity index (χ0n) is 10.2. The topological polar surface area (TPSA) is 118 Å². The second-order valence-electron chi connectivity index (χ2n) is 3.86. The highest BCUT2D eigenvalue weighted by atomic mass is 16.6. The monoisotopic (exact) mass is 274 g/mol. The molecule has 2 heterocycles. The summed E-state index contributed by atoms with van der Waals surface area (Å²) in [6.07, 6.45) is 4.23. The van der Waals surface area contributed by atoms with Crippen molar-refractivity contribution in [1.29, 1.82) is 0 Å². The summed E-state index contributed by atoms with van der Waals surface area (Å²) in [5.74, 6) is -1.20. The van der Waals surface area contributed by atoms with Crippen LogP contribution in [0.3, 0.4) is 0 Å². The fourth-order valence-electron chi connectivity index (χ4n) is 1.54. The van der Waals surface area contributed by atoms with Gasteiger partial charge in [0.05, 0.1) is 4.92 Å². The van der Waals surface area contributed by atoms with Gasteiger partial charge in [-0.25, -0.2) is 9.78 Å². The summed E-state index contributed by atoms with van der Waals surface area (Å²) in [7, 11) is 0. The number of pyridine rings is 2. The van der Waals surface area contributed by atoms with Crippen LogP contribution in [0.1, 0.15) is 15.9 Å². The molecule has 102 valence electrons. The van der Waals surface area contributed by atoms with Gasteiger partial charge in [0.15, 0.2) is 0 Å². The molecule has 0 atom stereocenters. The van der Waals surface area contributed by atoms with Gasteiger partial charge in [0.25, 0.3) is 5.69 Å². The molecule has 2 aromatic rings. The predicted molar refractivity (Wildman–Crippen MR) is 69.4 cm³/mol. The van der Waals surface area contributed by atoms with Gasteiger partial charge in [0.1, 0.15) is 17.6 Å². The van der Waals surface area contributed by atoms with Gasteiger partial charge in [-0.2, -0.15) is 0 Å². The summed E-state index contributed by atoms with van der Waals surface area (Å²) in [6, 6.07) is 4.50. The van der Waals surface area contributed by atoms with Crippen LogP contribution in [0.4, 0.5) is 11.5 Å². The summed E-state index contributed by atoms with van der Waals surface area (Å²) in [5, 5.41) is 22.5. The average molecular weight is 274 g/mol. The van der Waals surface area contributed by atoms with Crippen molar-refractivity contribution in [3.8, 4) is 0 Å². The summed E-state index contributed by atoms with van der Waals surface area (Å²) >= 11 is 0. The van der Waals surface area contributed by atoms with E-state index in [2.05, 4.69) is 15.3 Å². The zero-order chi connectivity index (χ0) is 14.5. The van der Waals surface area contributed by atoms with Crippen LogP contribution in [0, 0.1) is 10.1 Å². The lowest BCUT2D eigenvalue weighted by Crippen LogP contribution is -2.09. The van der Waals surface area contributed by atoms with Crippen LogP contribution in [-0.2, 0) is 6.54 Å². The maximum atomic E-state index is 11.1.